The van der Waals surface area contributed by atoms with Gasteiger partial charge >= 0.3 is 5.97 Å². The average Bonchev–Trinajstić information content (AvgIpc) is 2.45. The molecule has 1 aromatic carbocycles. The SMILES string of the molecule is O=C(O)C[C@H](C#Cc1ccccc1)C1CCCCC1. The van der Waals surface area contributed by atoms with E-state index in [0.717, 1.165) is 18.4 Å². The van der Waals surface area contributed by atoms with Crippen molar-refractivity contribution in [3.05, 3.63) is 35.9 Å². The fraction of sp³-hybridized carbons (Fsp3) is 0.471. The summed E-state index contributed by atoms with van der Waals surface area (Å²) in [6, 6.07) is 9.80. The summed E-state index contributed by atoms with van der Waals surface area (Å²) in [5, 5.41) is 9.04. The van der Waals surface area contributed by atoms with Gasteiger partial charge in [-0.1, -0.05) is 49.3 Å². The highest BCUT2D eigenvalue weighted by molar-refractivity contribution is 5.67. The van der Waals surface area contributed by atoms with Crippen LogP contribution < -0.4 is 0 Å². The number of benzene rings is 1. The molecule has 1 aromatic rings. The fourth-order valence-corrected chi connectivity index (χ4v) is 2.76. The van der Waals surface area contributed by atoms with Crippen LogP contribution in [0.1, 0.15) is 44.1 Å². The maximum atomic E-state index is 11.0. The molecule has 0 heterocycles. The standard InChI is InChI=1S/C17H20O2/c18-17(19)13-16(15-9-5-2-6-10-15)12-11-14-7-3-1-4-8-14/h1,3-4,7-8,15-16H,2,5-6,9-10,13H2,(H,18,19)/t16-/m0/s1. The Morgan fingerprint density at radius 2 is 1.89 bits per heavy atom. The van der Waals surface area contributed by atoms with Crippen molar-refractivity contribution in [3.8, 4) is 11.8 Å². The second-order valence-electron chi connectivity index (χ2n) is 5.24. The summed E-state index contributed by atoms with van der Waals surface area (Å²) in [6.07, 6.45) is 6.14. The lowest BCUT2D eigenvalue weighted by atomic mass is 9.79. The highest BCUT2D eigenvalue weighted by atomic mass is 16.4. The van der Waals surface area contributed by atoms with Gasteiger partial charge in [0, 0.05) is 11.5 Å². The van der Waals surface area contributed by atoms with E-state index in [0.29, 0.717) is 5.92 Å². The Kier molecular flexibility index (Phi) is 5.03. The molecule has 1 saturated carbocycles. The molecule has 2 rings (SSSR count). The minimum Gasteiger partial charge on any atom is -0.481 e. The largest absolute Gasteiger partial charge is 0.481 e. The predicted molar refractivity (Wildman–Crippen MR) is 75.6 cm³/mol. The Balaban J connectivity index is 2.09. The van der Waals surface area contributed by atoms with E-state index in [1.807, 2.05) is 30.3 Å². The van der Waals surface area contributed by atoms with Crippen LogP contribution in [0.25, 0.3) is 0 Å². The highest BCUT2D eigenvalue weighted by Crippen LogP contribution is 2.31. The number of carboxylic acids is 1. The van der Waals surface area contributed by atoms with Gasteiger partial charge in [-0.3, -0.25) is 4.79 Å². The molecule has 0 amide bonds. The van der Waals surface area contributed by atoms with Gasteiger partial charge in [0.15, 0.2) is 0 Å². The summed E-state index contributed by atoms with van der Waals surface area (Å²) in [7, 11) is 0. The van der Waals surface area contributed by atoms with Crippen LogP contribution in [0.5, 0.6) is 0 Å². The topological polar surface area (TPSA) is 37.3 Å². The van der Waals surface area contributed by atoms with E-state index >= 15 is 0 Å². The van der Waals surface area contributed by atoms with Crippen molar-refractivity contribution >= 4 is 5.97 Å². The molecule has 0 saturated heterocycles. The van der Waals surface area contributed by atoms with E-state index in [2.05, 4.69) is 11.8 Å². The number of aliphatic carboxylic acids is 1. The van der Waals surface area contributed by atoms with Crippen LogP contribution in [0.15, 0.2) is 30.3 Å². The Bertz CT molecular complexity index is 461. The normalized spacial score (nSPS) is 17.3. The molecule has 2 nitrogen and oxygen atoms in total. The van der Waals surface area contributed by atoms with Crippen LogP contribution in [0.3, 0.4) is 0 Å². The molecule has 1 fully saturated rings. The van der Waals surface area contributed by atoms with Gasteiger partial charge in [-0.15, -0.1) is 0 Å². The van der Waals surface area contributed by atoms with Crippen molar-refractivity contribution in [2.75, 3.05) is 0 Å². The Morgan fingerprint density at radius 1 is 1.21 bits per heavy atom. The molecular weight excluding hydrogens is 236 g/mol. The smallest absolute Gasteiger partial charge is 0.304 e. The molecule has 1 N–H and O–H groups in total. The number of carboxylic acid groups (broad SMARTS) is 1. The van der Waals surface area contributed by atoms with Crippen molar-refractivity contribution < 1.29 is 9.90 Å². The number of carbonyl (C=O) groups is 1. The summed E-state index contributed by atoms with van der Waals surface area (Å²) in [5.41, 5.74) is 0.966. The van der Waals surface area contributed by atoms with E-state index in [-0.39, 0.29) is 12.3 Å². The van der Waals surface area contributed by atoms with Crippen LogP contribution in [0.4, 0.5) is 0 Å². The molecule has 19 heavy (non-hydrogen) atoms. The molecule has 1 aliphatic carbocycles. The van der Waals surface area contributed by atoms with Gasteiger partial charge in [-0.05, 0) is 30.9 Å². The highest BCUT2D eigenvalue weighted by Gasteiger charge is 2.24. The van der Waals surface area contributed by atoms with Gasteiger partial charge in [-0.25, -0.2) is 0 Å². The van der Waals surface area contributed by atoms with E-state index in [1.165, 1.54) is 19.3 Å². The van der Waals surface area contributed by atoms with Crippen LogP contribution in [0, 0.1) is 23.7 Å². The molecule has 0 bridgehead atoms. The van der Waals surface area contributed by atoms with Gasteiger partial charge in [0.2, 0.25) is 0 Å². The van der Waals surface area contributed by atoms with E-state index in [1.54, 1.807) is 0 Å². The van der Waals surface area contributed by atoms with Gasteiger partial charge < -0.3 is 5.11 Å². The van der Waals surface area contributed by atoms with Crippen molar-refractivity contribution in [1.29, 1.82) is 0 Å². The first kappa shape index (κ1) is 13.7. The lowest BCUT2D eigenvalue weighted by Crippen LogP contribution is -2.19. The van der Waals surface area contributed by atoms with Crippen molar-refractivity contribution in [2.45, 2.75) is 38.5 Å². The maximum Gasteiger partial charge on any atom is 0.304 e. The van der Waals surface area contributed by atoms with Crippen molar-refractivity contribution in [3.63, 3.8) is 0 Å². The van der Waals surface area contributed by atoms with Gasteiger partial charge in [-0.2, -0.15) is 0 Å². The van der Waals surface area contributed by atoms with Crippen molar-refractivity contribution in [2.24, 2.45) is 11.8 Å². The van der Waals surface area contributed by atoms with Gasteiger partial charge in [0.25, 0.3) is 0 Å². The van der Waals surface area contributed by atoms with E-state index < -0.39 is 5.97 Å². The fourth-order valence-electron chi connectivity index (χ4n) is 2.76. The molecule has 1 aliphatic rings. The Hall–Kier alpha value is -1.75. The quantitative estimate of drug-likeness (QED) is 0.837. The zero-order valence-electron chi connectivity index (χ0n) is 11.1. The Labute approximate surface area is 114 Å². The summed E-state index contributed by atoms with van der Waals surface area (Å²) >= 11 is 0. The van der Waals surface area contributed by atoms with Crippen LogP contribution >= 0.6 is 0 Å². The second-order valence-corrected chi connectivity index (χ2v) is 5.24. The third-order valence-electron chi connectivity index (χ3n) is 3.79. The molecular formula is C17H20O2. The summed E-state index contributed by atoms with van der Waals surface area (Å²) in [5.74, 6) is 6.06. The molecule has 2 heteroatoms. The zero-order chi connectivity index (χ0) is 13.5. The Morgan fingerprint density at radius 3 is 2.53 bits per heavy atom. The summed E-state index contributed by atoms with van der Waals surface area (Å²) in [6.45, 7) is 0. The second kappa shape index (κ2) is 6.99. The average molecular weight is 256 g/mol. The first-order valence-electron chi connectivity index (χ1n) is 7.04. The van der Waals surface area contributed by atoms with Crippen LogP contribution in [0.2, 0.25) is 0 Å². The lowest BCUT2D eigenvalue weighted by Gasteiger charge is -2.25. The van der Waals surface area contributed by atoms with Gasteiger partial charge in [0.05, 0.1) is 6.42 Å². The first-order valence-corrected chi connectivity index (χ1v) is 7.04. The summed E-state index contributed by atoms with van der Waals surface area (Å²) in [4.78, 5) is 11.0. The predicted octanol–water partition coefficient (Wildman–Crippen LogP) is 3.71. The molecule has 0 unspecified atom stereocenters. The third kappa shape index (κ3) is 4.44. The van der Waals surface area contributed by atoms with Crippen molar-refractivity contribution in [1.82, 2.24) is 0 Å². The summed E-state index contributed by atoms with van der Waals surface area (Å²) < 4.78 is 0. The zero-order valence-corrected chi connectivity index (χ0v) is 11.1. The lowest BCUT2D eigenvalue weighted by molar-refractivity contribution is -0.138. The number of hydrogen-bond acceptors (Lipinski definition) is 1. The molecule has 1 atom stereocenters. The molecule has 0 radical (unpaired) electrons. The minimum atomic E-state index is -0.738. The monoisotopic (exact) mass is 256 g/mol. The van der Waals surface area contributed by atoms with E-state index in [9.17, 15) is 4.79 Å². The maximum absolute atomic E-state index is 11.0. The first-order chi connectivity index (χ1) is 9.25. The number of hydrogen-bond donors (Lipinski definition) is 1. The molecule has 0 aliphatic heterocycles. The molecule has 0 aromatic heterocycles. The van der Waals surface area contributed by atoms with Crippen LogP contribution in [-0.4, -0.2) is 11.1 Å². The molecule has 0 spiro atoms. The number of rotatable bonds is 3. The van der Waals surface area contributed by atoms with E-state index in [4.69, 9.17) is 5.11 Å². The van der Waals surface area contributed by atoms with Crippen LogP contribution in [-0.2, 0) is 4.79 Å². The van der Waals surface area contributed by atoms with Gasteiger partial charge in [0.1, 0.15) is 0 Å². The minimum absolute atomic E-state index is 0.00185. The molecule has 100 valence electrons. The third-order valence-corrected chi connectivity index (χ3v) is 3.79.